The van der Waals surface area contributed by atoms with Crippen molar-refractivity contribution in [3.8, 4) is 5.75 Å². The van der Waals surface area contributed by atoms with Crippen LogP contribution in [0.2, 0.25) is 0 Å². The summed E-state index contributed by atoms with van der Waals surface area (Å²) in [6.45, 7) is 8.86. The van der Waals surface area contributed by atoms with Crippen LogP contribution in [0.3, 0.4) is 0 Å². The quantitative estimate of drug-likeness (QED) is 0.774. The number of hydrogen-bond acceptors (Lipinski definition) is 4. The number of ether oxygens (including phenoxy) is 1. The lowest BCUT2D eigenvalue weighted by Crippen LogP contribution is -2.44. The third-order valence-electron chi connectivity index (χ3n) is 3.33. The van der Waals surface area contributed by atoms with Crippen LogP contribution in [0.15, 0.2) is 12.1 Å². The molecule has 0 heterocycles. The van der Waals surface area contributed by atoms with E-state index in [1.807, 2.05) is 6.92 Å². The molecule has 0 aliphatic carbocycles. The van der Waals surface area contributed by atoms with Crippen molar-refractivity contribution in [2.45, 2.75) is 59.1 Å². The highest BCUT2D eigenvalue weighted by molar-refractivity contribution is 5.80. The highest BCUT2D eigenvalue weighted by atomic mass is 16.6. The molecule has 0 aliphatic heterocycles. The molecule has 1 atom stereocenters. The maximum atomic E-state index is 11.8. The number of carbonyl (C=O) groups excluding carboxylic acids is 1. The SMILES string of the molecule is CCc1cc(O)cc(C)c1CC(NC(=O)OC(C)(C)C)C(=O)O. The Balaban J connectivity index is 2.98. The van der Waals surface area contributed by atoms with Crippen LogP contribution in [0.5, 0.6) is 5.75 Å². The van der Waals surface area contributed by atoms with Gasteiger partial charge in [-0.1, -0.05) is 6.92 Å². The van der Waals surface area contributed by atoms with E-state index in [9.17, 15) is 19.8 Å². The fourth-order valence-corrected chi connectivity index (χ4v) is 2.33. The van der Waals surface area contributed by atoms with Gasteiger partial charge >= 0.3 is 12.1 Å². The molecule has 6 heteroatoms. The first-order valence-electron chi connectivity index (χ1n) is 7.57. The van der Waals surface area contributed by atoms with Gasteiger partial charge in [-0.3, -0.25) is 0 Å². The van der Waals surface area contributed by atoms with Crippen molar-refractivity contribution in [3.63, 3.8) is 0 Å². The Bertz CT molecular complexity index is 589. The molecule has 0 radical (unpaired) electrons. The number of aliphatic carboxylic acids is 1. The van der Waals surface area contributed by atoms with Gasteiger partial charge < -0.3 is 20.3 Å². The van der Waals surface area contributed by atoms with Crippen LogP contribution in [-0.2, 0) is 22.4 Å². The second-order valence-electron chi connectivity index (χ2n) is 6.50. The molecule has 0 fully saturated rings. The average Bonchev–Trinajstić information content (AvgIpc) is 2.37. The van der Waals surface area contributed by atoms with Crippen molar-refractivity contribution < 1.29 is 24.5 Å². The van der Waals surface area contributed by atoms with E-state index in [0.717, 1.165) is 16.7 Å². The van der Waals surface area contributed by atoms with E-state index >= 15 is 0 Å². The number of hydrogen-bond donors (Lipinski definition) is 3. The Kier molecular flexibility index (Phi) is 6.01. The van der Waals surface area contributed by atoms with Gasteiger partial charge in [0.15, 0.2) is 0 Å². The summed E-state index contributed by atoms with van der Waals surface area (Å²) >= 11 is 0. The topological polar surface area (TPSA) is 95.9 Å². The Morgan fingerprint density at radius 2 is 1.91 bits per heavy atom. The number of nitrogens with one attached hydrogen (secondary N) is 1. The molecule has 0 bridgehead atoms. The minimum Gasteiger partial charge on any atom is -0.508 e. The molecule has 1 rings (SSSR count). The third-order valence-corrected chi connectivity index (χ3v) is 3.33. The minimum absolute atomic E-state index is 0.129. The van der Waals surface area contributed by atoms with Gasteiger partial charge in [0, 0.05) is 6.42 Å². The lowest BCUT2D eigenvalue weighted by molar-refractivity contribution is -0.139. The van der Waals surface area contributed by atoms with E-state index in [1.165, 1.54) is 0 Å². The zero-order valence-corrected chi connectivity index (χ0v) is 14.3. The van der Waals surface area contributed by atoms with Crippen LogP contribution < -0.4 is 5.32 Å². The number of alkyl carbamates (subject to hydrolysis) is 1. The first-order valence-corrected chi connectivity index (χ1v) is 7.57. The Hall–Kier alpha value is -2.24. The number of phenols is 1. The number of benzene rings is 1. The summed E-state index contributed by atoms with van der Waals surface area (Å²) in [6, 6.07) is 2.11. The fraction of sp³-hybridized carbons (Fsp3) is 0.529. The van der Waals surface area contributed by atoms with Crippen molar-refractivity contribution >= 4 is 12.1 Å². The molecule has 1 aromatic carbocycles. The predicted molar refractivity (Wildman–Crippen MR) is 86.7 cm³/mol. The largest absolute Gasteiger partial charge is 0.508 e. The Morgan fingerprint density at radius 1 is 1.30 bits per heavy atom. The number of aromatic hydroxyl groups is 1. The zero-order chi connectivity index (χ0) is 17.8. The molecular formula is C17H25NO5. The van der Waals surface area contributed by atoms with Crippen molar-refractivity contribution in [1.82, 2.24) is 5.32 Å². The summed E-state index contributed by atoms with van der Waals surface area (Å²) in [4.78, 5) is 23.3. The first-order chi connectivity index (χ1) is 10.5. The van der Waals surface area contributed by atoms with Crippen LogP contribution in [0.25, 0.3) is 0 Å². The Labute approximate surface area is 136 Å². The number of carboxylic acid groups (broad SMARTS) is 1. The van der Waals surface area contributed by atoms with Crippen molar-refractivity contribution in [3.05, 3.63) is 28.8 Å². The summed E-state index contributed by atoms with van der Waals surface area (Å²) in [5.74, 6) is -0.986. The number of carbonyl (C=O) groups is 2. The summed E-state index contributed by atoms with van der Waals surface area (Å²) in [5.41, 5.74) is 1.77. The van der Waals surface area contributed by atoms with Crippen LogP contribution >= 0.6 is 0 Å². The van der Waals surface area contributed by atoms with Gasteiger partial charge in [0.1, 0.15) is 17.4 Å². The molecule has 0 spiro atoms. The standard InChI is InChI=1S/C17H25NO5/c1-6-11-8-12(19)7-10(2)13(11)9-14(15(20)21)18-16(22)23-17(3,4)5/h7-8,14,19H,6,9H2,1-5H3,(H,18,22)(H,20,21). The normalized spacial score (nSPS) is 12.6. The number of aryl methyl sites for hydroxylation is 2. The number of phenolic OH excluding ortho intramolecular Hbond substituents is 1. The first kappa shape index (κ1) is 18.8. The zero-order valence-electron chi connectivity index (χ0n) is 14.3. The Morgan fingerprint density at radius 3 is 2.39 bits per heavy atom. The molecule has 0 aromatic heterocycles. The van der Waals surface area contributed by atoms with Crippen molar-refractivity contribution in [2.24, 2.45) is 0 Å². The van der Waals surface area contributed by atoms with Crippen molar-refractivity contribution in [1.29, 1.82) is 0 Å². The molecule has 0 saturated carbocycles. The monoisotopic (exact) mass is 323 g/mol. The number of rotatable bonds is 5. The van der Waals surface area contributed by atoms with Gasteiger partial charge in [0.05, 0.1) is 0 Å². The molecule has 3 N–H and O–H groups in total. The fourth-order valence-electron chi connectivity index (χ4n) is 2.33. The summed E-state index contributed by atoms with van der Waals surface area (Å²) in [6.07, 6.45) is 0.0205. The van der Waals surface area contributed by atoms with E-state index in [4.69, 9.17) is 4.74 Å². The van der Waals surface area contributed by atoms with Gasteiger partial charge in [-0.25, -0.2) is 9.59 Å². The van der Waals surface area contributed by atoms with E-state index in [0.29, 0.717) is 6.42 Å². The van der Waals surface area contributed by atoms with Crippen LogP contribution in [0.1, 0.15) is 44.4 Å². The molecule has 1 unspecified atom stereocenters. The van der Waals surface area contributed by atoms with Gasteiger partial charge in [0.25, 0.3) is 0 Å². The second kappa shape index (κ2) is 7.35. The number of carboxylic acids is 1. The predicted octanol–water partition coefficient (Wildman–Crippen LogP) is 2.78. The molecule has 1 amide bonds. The number of amides is 1. The van der Waals surface area contributed by atoms with Gasteiger partial charge in [-0.15, -0.1) is 0 Å². The molecule has 0 saturated heterocycles. The molecule has 0 aliphatic rings. The van der Waals surface area contributed by atoms with Gasteiger partial charge in [-0.2, -0.15) is 0 Å². The van der Waals surface area contributed by atoms with Gasteiger partial charge in [-0.05, 0) is 62.9 Å². The lowest BCUT2D eigenvalue weighted by atomic mass is 9.94. The van der Waals surface area contributed by atoms with Crippen molar-refractivity contribution in [2.75, 3.05) is 0 Å². The third kappa shape index (κ3) is 5.81. The van der Waals surface area contributed by atoms with E-state index < -0.39 is 23.7 Å². The van der Waals surface area contributed by atoms with Crippen LogP contribution in [0.4, 0.5) is 4.79 Å². The maximum Gasteiger partial charge on any atom is 0.408 e. The van der Waals surface area contributed by atoms with Gasteiger partial charge in [0.2, 0.25) is 0 Å². The molecule has 6 nitrogen and oxygen atoms in total. The lowest BCUT2D eigenvalue weighted by Gasteiger charge is -2.23. The maximum absolute atomic E-state index is 11.8. The van der Waals surface area contributed by atoms with E-state index in [1.54, 1.807) is 39.8 Å². The minimum atomic E-state index is -1.13. The van der Waals surface area contributed by atoms with E-state index in [-0.39, 0.29) is 12.2 Å². The highest BCUT2D eigenvalue weighted by Crippen LogP contribution is 2.23. The van der Waals surface area contributed by atoms with Crippen LogP contribution in [0, 0.1) is 6.92 Å². The average molecular weight is 323 g/mol. The van der Waals surface area contributed by atoms with Crippen LogP contribution in [-0.4, -0.2) is 33.9 Å². The summed E-state index contributed by atoms with van der Waals surface area (Å²) in [5, 5.41) is 21.4. The summed E-state index contributed by atoms with van der Waals surface area (Å²) < 4.78 is 5.11. The molecule has 23 heavy (non-hydrogen) atoms. The second-order valence-corrected chi connectivity index (χ2v) is 6.50. The summed E-state index contributed by atoms with van der Waals surface area (Å²) in [7, 11) is 0. The molecular weight excluding hydrogens is 298 g/mol. The van der Waals surface area contributed by atoms with E-state index in [2.05, 4.69) is 5.32 Å². The molecule has 1 aromatic rings. The molecule has 128 valence electrons. The smallest absolute Gasteiger partial charge is 0.408 e. The highest BCUT2D eigenvalue weighted by Gasteiger charge is 2.25.